The van der Waals surface area contributed by atoms with E-state index in [0.29, 0.717) is 22.5 Å². The Morgan fingerprint density at radius 1 is 1.16 bits per heavy atom. The molecule has 0 aliphatic carbocycles. The molecule has 0 saturated heterocycles. The Labute approximate surface area is 213 Å². The topological polar surface area (TPSA) is 160 Å². The van der Waals surface area contributed by atoms with E-state index in [1.165, 1.54) is 30.3 Å². The highest BCUT2D eigenvalue weighted by Gasteiger charge is 2.35. The zero-order valence-electron chi connectivity index (χ0n) is 19.6. The van der Waals surface area contributed by atoms with Crippen molar-refractivity contribution in [2.24, 2.45) is 0 Å². The summed E-state index contributed by atoms with van der Waals surface area (Å²) in [5, 5.41) is 12.0. The van der Waals surface area contributed by atoms with Gasteiger partial charge in [0.15, 0.2) is 0 Å². The summed E-state index contributed by atoms with van der Waals surface area (Å²) in [6, 6.07) is 10.6. The lowest BCUT2D eigenvalue weighted by atomic mass is 9.96. The first kappa shape index (κ1) is 24.9. The van der Waals surface area contributed by atoms with Crippen molar-refractivity contribution in [3.8, 4) is 0 Å². The van der Waals surface area contributed by atoms with Gasteiger partial charge in [-0.25, -0.2) is 8.42 Å². The van der Waals surface area contributed by atoms with Crippen molar-refractivity contribution < 1.29 is 35.7 Å². The SMILES string of the molecule is Cc1[nH]c(/C=C2\C(=O)Nc3ccc4c(c32)CCOS4(=O)=O)c(CCC(=O)O)c1S(=O)(=O)c1ccccc1. The van der Waals surface area contributed by atoms with E-state index < -0.39 is 31.8 Å². The third-order valence-corrected chi connectivity index (χ3v) is 9.73. The zero-order chi connectivity index (χ0) is 26.5. The highest BCUT2D eigenvalue weighted by Crippen LogP contribution is 2.41. The molecule has 3 aromatic rings. The average molecular weight is 543 g/mol. The normalized spacial score (nSPS) is 17.3. The van der Waals surface area contributed by atoms with Gasteiger partial charge in [-0.05, 0) is 61.2 Å². The lowest BCUT2D eigenvalue weighted by Crippen LogP contribution is -2.19. The number of rotatable bonds is 6. The van der Waals surface area contributed by atoms with E-state index in [1.807, 2.05) is 0 Å². The third kappa shape index (κ3) is 4.26. The number of anilines is 1. The van der Waals surface area contributed by atoms with Crippen molar-refractivity contribution in [2.45, 2.75) is 40.9 Å². The molecule has 0 radical (unpaired) electrons. The number of carboxylic acid groups (broad SMARTS) is 1. The van der Waals surface area contributed by atoms with Crippen molar-refractivity contribution in [2.75, 3.05) is 11.9 Å². The van der Waals surface area contributed by atoms with Gasteiger partial charge < -0.3 is 15.4 Å². The molecule has 0 spiro atoms. The zero-order valence-corrected chi connectivity index (χ0v) is 21.2. The number of aromatic amines is 1. The van der Waals surface area contributed by atoms with Crippen LogP contribution in [0, 0.1) is 6.92 Å². The van der Waals surface area contributed by atoms with Gasteiger partial charge in [-0.3, -0.25) is 13.8 Å². The van der Waals surface area contributed by atoms with Gasteiger partial charge in [-0.2, -0.15) is 8.42 Å². The molecule has 3 N–H and O–H groups in total. The van der Waals surface area contributed by atoms with E-state index in [4.69, 9.17) is 4.18 Å². The van der Waals surface area contributed by atoms with Gasteiger partial charge >= 0.3 is 5.97 Å². The van der Waals surface area contributed by atoms with Crippen molar-refractivity contribution in [3.63, 3.8) is 0 Å². The number of aromatic nitrogens is 1. The highest BCUT2D eigenvalue weighted by atomic mass is 32.2. The minimum absolute atomic E-state index is 0.0268. The van der Waals surface area contributed by atoms with Crippen LogP contribution >= 0.6 is 0 Å². The van der Waals surface area contributed by atoms with E-state index >= 15 is 0 Å². The Morgan fingerprint density at radius 2 is 1.89 bits per heavy atom. The number of aryl methyl sites for hydroxylation is 1. The number of fused-ring (bicyclic) bond motifs is 3. The summed E-state index contributed by atoms with van der Waals surface area (Å²) in [7, 11) is -7.99. The van der Waals surface area contributed by atoms with Gasteiger partial charge in [0.25, 0.3) is 16.0 Å². The Hall–Kier alpha value is -3.74. The first-order chi connectivity index (χ1) is 17.5. The molecule has 1 amide bonds. The minimum atomic E-state index is -4.01. The lowest BCUT2D eigenvalue weighted by Gasteiger charge is -2.19. The van der Waals surface area contributed by atoms with E-state index in [2.05, 4.69) is 10.3 Å². The van der Waals surface area contributed by atoms with Crippen LogP contribution < -0.4 is 5.32 Å². The highest BCUT2D eigenvalue weighted by molar-refractivity contribution is 7.91. The van der Waals surface area contributed by atoms with Crippen LogP contribution in [-0.2, 0) is 46.6 Å². The van der Waals surface area contributed by atoms with Crippen molar-refractivity contribution >= 4 is 49.2 Å². The molecule has 3 heterocycles. The maximum Gasteiger partial charge on any atom is 0.303 e. The maximum atomic E-state index is 13.5. The second kappa shape index (κ2) is 8.98. The number of benzene rings is 2. The summed E-state index contributed by atoms with van der Waals surface area (Å²) in [4.78, 5) is 27.4. The summed E-state index contributed by atoms with van der Waals surface area (Å²) in [6.07, 6.45) is 1.27. The summed E-state index contributed by atoms with van der Waals surface area (Å²) in [6.45, 7) is 1.49. The van der Waals surface area contributed by atoms with Crippen LogP contribution in [0.5, 0.6) is 0 Å². The monoisotopic (exact) mass is 542 g/mol. The minimum Gasteiger partial charge on any atom is -0.481 e. The number of amides is 1. The first-order valence-corrected chi connectivity index (χ1v) is 14.2. The molecule has 5 rings (SSSR count). The summed E-state index contributed by atoms with van der Waals surface area (Å²) in [5.74, 6) is -1.60. The fourth-order valence-electron chi connectivity index (χ4n) is 4.79. The van der Waals surface area contributed by atoms with Gasteiger partial charge in [0.05, 0.1) is 26.9 Å². The van der Waals surface area contributed by atoms with Crippen molar-refractivity contribution in [1.82, 2.24) is 4.98 Å². The third-order valence-electron chi connectivity index (χ3n) is 6.35. The van der Waals surface area contributed by atoms with Gasteiger partial charge in [-0.15, -0.1) is 0 Å². The van der Waals surface area contributed by atoms with Gasteiger partial charge in [0.2, 0.25) is 9.84 Å². The summed E-state index contributed by atoms with van der Waals surface area (Å²) >= 11 is 0. The number of aliphatic carboxylic acids is 1. The largest absolute Gasteiger partial charge is 0.481 e. The lowest BCUT2D eigenvalue weighted by molar-refractivity contribution is -0.137. The number of carbonyl (C=O) groups is 2. The second-order valence-electron chi connectivity index (χ2n) is 8.68. The Morgan fingerprint density at radius 3 is 2.59 bits per heavy atom. The second-order valence-corrected chi connectivity index (χ2v) is 12.2. The molecule has 10 nitrogen and oxygen atoms in total. The predicted molar refractivity (Wildman–Crippen MR) is 133 cm³/mol. The molecular formula is C25H22N2O8S2. The smallest absolute Gasteiger partial charge is 0.303 e. The van der Waals surface area contributed by atoms with Crippen LogP contribution in [0.1, 0.15) is 34.5 Å². The standard InChI is InChI=1S/C25H22N2O8S2/c1-14-24(36(31,32)15-5-3-2-4-6-15)16(7-10-22(28)29)20(26-14)13-18-23-17-11-12-35-37(33,34)21(17)9-8-19(23)27-25(18)30/h2-6,8-9,13,26H,7,10-12H2,1H3,(H,27,30)(H,28,29)/b18-13-. The molecule has 0 saturated carbocycles. The molecule has 2 aromatic carbocycles. The number of sulfone groups is 1. The summed E-state index contributed by atoms with van der Waals surface area (Å²) in [5.41, 5.74) is 2.20. The number of hydrogen-bond donors (Lipinski definition) is 3. The van der Waals surface area contributed by atoms with E-state index in [9.17, 15) is 31.5 Å². The van der Waals surface area contributed by atoms with Crippen LogP contribution in [0.2, 0.25) is 0 Å². The number of carbonyl (C=O) groups excluding carboxylic acids is 1. The van der Waals surface area contributed by atoms with E-state index in [0.717, 1.165) is 0 Å². The average Bonchev–Trinajstić information content (AvgIpc) is 3.34. The summed E-state index contributed by atoms with van der Waals surface area (Å²) < 4.78 is 56.9. The Kier molecular flexibility index (Phi) is 6.05. The fourth-order valence-corrected chi connectivity index (χ4v) is 7.70. The maximum absolute atomic E-state index is 13.5. The van der Waals surface area contributed by atoms with Crippen molar-refractivity contribution in [1.29, 1.82) is 0 Å². The predicted octanol–water partition coefficient (Wildman–Crippen LogP) is 2.93. The molecule has 0 bridgehead atoms. The Balaban J connectivity index is 1.72. The van der Waals surface area contributed by atoms with E-state index in [-0.39, 0.29) is 57.4 Å². The van der Waals surface area contributed by atoms with Crippen LogP contribution in [-0.4, -0.2) is 45.4 Å². The molecule has 0 atom stereocenters. The van der Waals surface area contributed by atoms with E-state index in [1.54, 1.807) is 25.1 Å². The van der Waals surface area contributed by atoms with Crippen LogP contribution in [0.25, 0.3) is 11.6 Å². The van der Waals surface area contributed by atoms with Crippen LogP contribution in [0.15, 0.2) is 57.2 Å². The quantitative estimate of drug-likeness (QED) is 0.317. The number of hydrogen-bond acceptors (Lipinski definition) is 7. The molecule has 12 heteroatoms. The molecule has 1 aromatic heterocycles. The molecule has 2 aliphatic rings. The number of H-pyrrole nitrogens is 1. The first-order valence-electron chi connectivity index (χ1n) is 11.3. The van der Waals surface area contributed by atoms with Gasteiger partial charge in [0, 0.05) is 29.1 Å². The molecular weight excluding hydrogens is 520 g/mol. The molecule has 37 heavy (non-hydrogen) atoms. The van der Waals surface area contributed by atoms with Gasteiger partial charge in [-0.1, -0.05) is 18.2 Å². The molecule has 2 aliphatic heterocycles. The molecule has 0 fully saturated rings. The van der Waals surface area contributed by atoms with Crippen molar-refractivity contribution in [3.05, 3.63) is 70.5 Å². The number of nitrogens with one attached hydrogen (secondary N) is 2. The van der Waals surface area contributed by atoms with Crippen LogP contribution in [0.4, 0.5) is 5.69 Å². The molecule has 192 valence electrons. The molecule has 0 unspecified atom stereocenters. The van der Waals surface area contributed by atoms with Crippen LogP contribution in [0.3, 0.4) is 0 Å². The fraction of sp³-hybridized carbons (Fsp3) is 0.200. The Bertz CT molecular complexity index is 1700. The van der Waals surface area contributed by atoms with Gasteiger partial charge in [0.1, 0.15) is 0 Å². The number of carboxylic acids is 1.